The van der Waals surface area contributed by atoms with E-state index in [0.29, 0.717) is 5.69 Å². The lowest BCUT2D eigenvalue weighted by Gasteiger charge is -2.15. The Balaban J connectivity index is 2.27. The van der Waals surface area contributed by atoms with Crippen LogP contribution in [-0.4, -0.2) is 15.4 Å². The van der Waals surface area contributed by atoms with Gasteiger partial charge in [0.25, 0.3) is 11.2 Å². The molecule has 0 spiro atoms. The highest BCUT2D eigenvalue weighted by Gasteiger charge is 2.17. The minimum atomic E-state index is -0.572. The number of aromatic nitrogens is 1. The zero-order valence-corrected chi connectivity index (χ0v) is 13.8. The number of para-hydroxylation sites is 1. The van der Waals surface area contributed by atoms with Gasteiger partial charge in [-0.25, -0.2) is 0 Å². The number of anilines is 1. The van der Waals surface area contributed by atoms with Crippen LogP contribution in [0.1, 0.15) is 31.0 Å². The molecule has 1 N–H and O–H groups in total. The first kappa shape index (κ1) is 17.4. The molecule has 0 bridgehead atoms. The minimum absolute atomic E-state index is 0.153. The first-order valence-electron chi connectivity index (χ1n) is 7.55. The molecule has 1 amide bonds. The van der Waals surface area contributed by atoms with Gasteiger partial charge in [0.1, 0.15) is 6.54 Å². The van der Waals surface area contributed by atoms with Crippen molar-refractivity contribution in [3.63, 3.8) is 0 Å². The van der Waals surface area contributed by atoms with E-state index in [1.54, 1.807) is 6.07 Å². The normalized spacial score (nSPS) is 10.7. The van der Waals surface area contributed by atoms with Gasteiger partial charge in [0.2, 0.25) is 5.91 Å². The molecule has 24 heavy (non-hydrogen) atoms. The third kappa shape index (κ3) is 3.68. The summed E-state index contributed by atoms with van der Waals surface area (Å²) in [5, 5.41) is 13.7. The van der Waals surface area contributed by atoms with E-state index in [0.717, 1.165) is 22.3 Å². The van der Waals surface area contributed by atoms with Crippen LogP contribution < -0.4 is 10.9 Å². The number of nitrogens with zero attached hydrogens (tertiary/aromatic N) is 2. The summed E-state index contributed by atoms with van der Waals surface area (Å²) in [6, 6.07) is 9.66. The maximum atomic E-state index is 12.3. The van der Waals surface area contributed by atoms with Crippen molar-refractivity contribution in [2.75, 3.05) is 5.32 Å². The Morgan fingerprint density at radius 2 is 1.92 bits per heavy atom. The molecule has 0 saturated heterocycles. The fourth-order valence-corrected chi connectivity index (χ4v) is 2.50. The number of rotatable bonds is 5. The molecule has 0 unspecified atom stereocenters. The highest BCUT2D eigenvalue weighted by Crippen LogP contribution is 2.23. The number of amides is 1. The molecule has 2 rings (SSSR count). The number of benzene rings is 1. The molecule has 0 aliphatic heterocycles. The van der Waals surface area contributed by atoms with Gasteiger partial charge in [-0.05, 0) is 24.5 Å². The summed E-state index contributed by atoms with van der Waals surface area (Å²) in [6.07, 6.45) is 0. The Hall–Kier alpha value is -2.96. The van der Waals surface area contributed by atoms with Gasteiger partial charge < -0.3 is 5.32 Å². The molecular weight excluding hydrogens is 310 g/mol. The van der Waals surface area contributed by atoms with Crippen molar-refractivity contribution in [3.8, 4) is 0 Å². The second-order valence-electron chi connectivity index (χ2n) is 5.78. The van der Waals surface area contributed by atoms with Crippen molar-refractivity contribution in [2.45, 2.75) is 33.2 Å². The monoisotopic (exact) mass is 329 g/mol. The van der Waals surface area contributed by atoms with Crippen LogP contribution >= 0.6 is 0 Å². The topological polar surface area (TPSA) is 94.2 Å². The van der Waals surface area contributed by atoms with Gasteiger partial charge in [-0.1, -0.05) is 32.0 Å². The van der Waals surface area contributed by atoms with Gasteiger partial charge in [-0.3, -0.25) is 24.3 Å². The second kappa shape index (κ2) is 7.08. The van der Waals surface area contributed by atoms with Crippen molar-refractivity contribution >= 4 is 17.3 Å². The molecular formula is C17H19N3O4. The molecule has 1 aromatic carbocycles. The number of hydrogen-bond acceptors (Lipinski definition) is 4. The average Bonchev–Trinajstić information content (AvgIpc) is 2.51. The van der Waals surface area contributed by atoms with Crippen molar-refractivity contribution in [2.24, 2.45) is 0 Å². The summed E-state index contributed by atoms with van der Waals surface area (Å²) in [4.78, 5) is 34.6. The molecule has 7 nitrogen and oxygen atoms in total. The molecule has 126 valence electrons. The largest absolute Gasteiger partial charge is 0.324 e. The van der Waals surface area contributed by atoms with E-state index in [1.807, 2.05) is 32.0 Å². The smallest absolute Gasteiger partial charge is 0.288 e. The summed E-state index contributed by atoms with van der Waals surface area (Å²) in [7, 11) is 0. The summed E-state index contributed by atoms with van der Waals surface area (Å²) >= 11 is 0. The van der Waals surface area contributed by atoms with Gasteiger partial charge >= 0.3 is 0 Å². The number of pyridine rings is 1. The Morgan fingerprint density at radius 3 is 2.54 bits per heavy atom. The predicted molar refractivity (Wildman–Crippen MR) is 91.3 cm³/mol. The van der Waals surface area contributed by atoms with Gasteiger partial charge in [0.15, 0.2) is 0 Å². The second-order valence-corrected chi connectivity index (χ2v) is 5.78. The molecule has 2 aromatic rings. The van der Waals surface area contributed by atoms with Crippen molar-refractivity contribution < 1.29 is 9.72 Å². The fraction of sp³-hybridized carbons (Fsp3) is 0.294. The maximum absolute atomic E-state index is 12.3. The highest BCUT2D eigenvalue weighted by molar-refractivity contribution is 5.91. The zero-order chi connectivity index (χ0) is 17.9. The third-order valence-electron chi connectivity index (χ3n) is 3.78. The van der Waals surface area contributed by atoms with E-state index >= 15 is 0 Å². The van der Waals surface area contributed by atoms with Crippen LogP contribution in [-0.2, 0) is 11.3 Å². The van der Waals surface area contributed by atoms with E-state index in [9.17, 15) is 19.7 Å². The molecule has 0 saturated carbocycles. The summed E-state index contributed by atoms with van der Waals surface area (Å²) in [6.45, 7) is 5.20. The lowest BCUT2D eigenvalue weighted by molar-refractivity contribution is -0.386. The Morgan fingerprint density at radius 1 is 1.25 bits per heavy atom. The lowest BCUT2D eigenvalue weighted by atomic mass is 10.0. The van der Waals surface area contributed by atoms with E-state index in [2.05, 4.69) is 5.32 Å². The molecule has 0 atom stereocenters. The average molecular weight is 329 g/mol. The Bertz CT molecular complexity index is 840. The van der Waals surface area contributed by atoms with Crippen LogP contribution in [0.3, 0.4) is 0 Å². The van der Waals surface area contributed by atoms with Crippen LogP contribution in [0.5, 0.6) is 0 Å². The minimum Gasteiger partial charge on any atom is -0.324 e. The molecule has 0 aliphatic carbocycles. The van der Waals surface area contributed by atoms with E-state index in [1.165, 1.54) is 6.92 Å². The quantitative estimate of drug-likeness (QED) is 0.674. The zero-order valence-electron chi connectivity index (χ0n) is 13.8. The standard InChI is InChI=1S/C17H19N3O4/c1-11(2)13-6-4-5-7-14(13)18-16(21)10-19-12(3)15(20(23)24)8-9-17(19)22/h4-9,11H,10H2,1-3H3,(H,18,21). The highest BCUT2D eigenvalue weighted by atomic mass is 16.6. The first-order chi connectivity index (χ1) is 11.3. The van der Waals surface area contributed by atoms with Crippen molar-refractivity contribution in [1.29, 1.82) is 0 Å². The van der Waals surface area contributed by atoms with E-state index in [-0.39, 0.29) is 23.8 Å². The van der Waals surface area contributed by atoms with Crippen LogP contribution in [0.15, 0.2) is 41.2 Å². The number of carbonyl (C=O) groups is 1. The van der Waals surface area contributed by atoms with Crippen LogP contribution in [0.4, 0.5) is 11.4 Å². The van der Waals surface area contributed by atoms with Gasteiger partial charge in [-0.15, -0.1) is 0 Å². The summed E-state index contributed by atoms with van der Waals surface area (Å²) in [5.41, 5.74) is 1.16. The summed E-state index contributed by atoms with van der Waals surface area (Å²) < 4.78 is 1.10. The molecule has 7 heteroatoms. The molecule has 1 aromatic heterocycles. The fourth-order valence-electron chi connectivity index (χ4n) is 2.50. The molecule has 0 fully saturated rings. The Kier molecular flexibility index (Phi) is 5.13. The summed E-state index contributed by atoms with van der Waals surface area (Å²) in [5.74, 6) is -0.183. The predicted octanol–water partition coefficient (Wildman–Crippen LogP) is 2.83. The van der Waals surface area contributed by atoms with E-state index in [4.69, 9.17) is 0 Å². The lowest BCUT2D eigenvalue weighted by Crippen LogP contribution is -2.29. The van der Waals surface area contributed by atoms with Crippen LogP contribution in [0.25, 0.3) is 0 Å². The van der Waals surface area contributed by atoms with Gasteiger partial charge in [0.05, 0.1) is 10.6 Å². The molecule has 0 radical (unpaired) electrons. The van der Waals surface area contributed by atoms with Gasteiger partial charge in [-0.2, -0.15) is 0 Å². The molecule has 1 heterocycles. The maximum Gasteiger partial charge on any atom is 0.288 e. The van der Waals surface area contributed by atoms with Crippen molar-refractivity contribution in [1.82, 2.24) is 4.57 Å². The number of carbonyl (C=O) groups excluding carboxylic acids is 1. The van der Waals surface area contributed by atoms with Crippen LogP contribution in [0, 0.1) is 17.0 Å². The van der Waals surface area contributed by atoms with Crippen LogP contribution in [0.2, 0.25) is 0 Å². The van der Waals surface area contributed by atoms with E-state index < -0.39 is 16.4 Å². The number of nitro groups is 1. The van der Waals surface area contributed by atoms with Gasteiger partial charge in [0, 0.05) is 17.8 Å². The third-order valence-corrected chi connectivity index (χ3v) is 3.78. The number of hydrogen-bond donors (Lipinski definition) is 1. The van der Waals surface area contributed by atoms with Crippen molar-refractivity contribution in [3.05, 3.63) is 68.1 Å². The molecule has 0 aliphatic rings. The number of nitrogens with one attached hydrogen (secondary N) is 1. The Labute approximate surface area is 139 Å². The first-order valence-corrected chi connectivity index (χ1v) is 7.55. The SMILES string of the molecule is Cc1c([N+](=O)[O-])ccc(=O)n1CC(=O)Nc1ccccc1C(C)C.